The molecule has 0 saturated carbocycles. The number of carboxylic acids is 1. The fourth-order valence-corrected chi connectivity index (χ4v) is 3.11. The summed E-state index contributed by atoms with van der Waals surface area (Å²) in [6, 6.07) is 1.75. The Balaban J connectivity index is 1.78. The average Bonchev–Trinajstić information content (AvgIpc) is 3.05. The molecule has 138 valence electrons. The van der Waals surface area contributed by atoms with E-state index in [2.05, 4.69) is 10.1 Å². The fourth-order valence-electron chi connectivity index (χ4n) is 3.11. The molecule has 1 unspecified atom stereocenters. The van der Waals surface area contributed by atoms with Crippen LogP contribution < -0.4 is 11.2 Å². The Kier molecular flexibility index (Phi) is 4.74. The van der Waals surface area contributed by atoms with Crippen molar-refractivity contribution in [1.29, 1.82) is 0 Å². The van der Waals surface area contributed by atoms with Crippen LogP contribution in [0.1, 0.15) is 34.8 Å². The number of aryl methyl sites for hydroxylation is 1. The van der Waals surface area contributed by atoms with E-state index in [-0.39, 0.29) is 18.0 Å². The van der Waals surface area contributed by atoms with Crippen LogP contribution >= 0.6 is 0 Å². The first kappa shape index (κ1) is 17.6. The highest BCUT2D eigenvalue weighted by Crippen LogP contribution is 2.26. The standard InChI is InChI=1S/C16H19N5O5/c1-19-8-11(14(24)17-16(19)26)15(25)20-5-2-3-10(7-20)12-4-6-21(18-12)9-13(22)23/h4,6,8,10H,2-3,5,7,9H2,1H3,(H,22,23)(H,17,24,26). The number of aliphatic carboxylic acids is 1. The monoisotopic (exact) mass is 361 g/mol. The van der Waals surface area contributed by atoms with E-state index >= 15 is 0 Å². The second-order valence-corrected chi connectivity index (χ2v) is 6.34. The van der Waals surface area contributed by atoms with E-state index in [0.29, 0.717) is 13.1 Å². The van der Waals surface area contributed by atoms with Crippen molar-refractivity contribution in [2.24, 2.45) is 7.05 Å². The molecule has 0 aromatic carbocycles. The molecule has 2 aromatic rings. The molecule has 0 bridgehead atoms. The predicted octanol–water partition coefficient (Wildman–Crippen LogP) is -0.625. The molecule has 10 nitrogen and oxygen atoms in total. The van der Waals surface area contributed by atoms with Gasteiger partial charge in [-0.05, 0) is 18.9 Å². The van der Waals surface area contributed by atoms with Gasteiger partial charge in [0.2, 0.25) is 0 Å². The SMILES string of the molecule is Cn1cc(C(=O)N2CCCC(c3ccn(CC(=O)O)n3)C2)c(=O)[nH]c1=O. The number of carboxylic acid groups (broad SMARTS) is 1. The van der Waals surface area contributed by atoms with Gasteiger partial charge in [-0.2, -0.15) is 5.10 Å². The van der Waals surface area contributed by atoms with Crippen LogP contribution in [0.2, 0.25) is 0 Å². The first-order chi connectivity index (χ1) is 12.3. The molecule has 0 spiro atoms. The van der Waals surface area contributed by atoms with Gasteiger partial charge in [-0.3, -0.25) is 24.0 Å². The predicted molar refractivity (Wildman–Crippen MR) is 90.0 cm³/mol. The number of carbonyl (C=O) groups is 2. The summed E-state index contributed by atoms with van der Waals surface area (Å²) in [5, 5.41) is 13.1. The number of aromatic nitrogens is 4. The van der Waals surface area contributed by atoms with Gasteiger partial charge in [-0.1, -0.05) is 0 Å². The van der Waals surface area contributed by atoms with Crippen LogP contribution in [0.3, 0.4) is 0 Å². The van der Waals surface area contributed by atoms with E-state index in [1.807, 2.05) is 0 Å². The zero-order valence-electron chi connectivity index (χ0n) is 14.2. The molecule has 1 amide bonds. The molecule has 1 aliphatic heterocycles. The van der Waals surface area contributed by atoms with Crippen LogP contribution in [0.25, 0.3) is 0 Å². The first-order valence-corrected chi connectivity index (χ1v) is 8.19. The minimum Gasteiger partial charge on any atom is -0.480 e. The maximum Gasteiger partial charge on any atom is 0.328 e. The van der Waals surface area contributed by atoms with Gasteiger partial charge < -0.3 is 14.6 Å². The minimum absolute atomic E-state index is 0.0330. The first-order valence-electron chi connectivity index (χ1n) is 8.19. The third-order valence-electron chi connectivity index (χ3n) is 4.42. The maximum atomic E-state index is 12.7. The van der Waals surface area contributed by atoms with E-state index in [4.69, 9.17) is 5.11 Å². The highest BCUT2D eigenvalue weighted by Gasteiger charge is 2.28. The van der Waals surface area contributed by atoms with Crippen LogP contribution in [0.15, 0.2) is 28.0 Å². The van der Waals surface area contributed by atoms with Crippen LogP contribution in [0.4, 0.5) is 0 Å². The van der Waals surface area contributed by atoms with E-state index in [1.54, 1.807) is 17.2 Å². The third-order valence-corrected chi connectivity index (χ3v) is 4.42. The summed E-state index contributed by atoms with van der Waals surface area (Å²) in [5.74, 6) is -1.44. The summed E-state index contributed by atoms with van der Waals surface area (Å²) in [6.07, 6.45) is 4.40. The van der Waals surface area contributed by atoms with Crippen LogP contribution in [0, 0.1) is 0 Å². The van der Waals surface area contributed by atoms with Crippen molar-refractivity contribution < 1.29 is 14.7 Å². The van der Waals surface area contributed by atoms with E-state index in [1.165, 1.54) is 17.9 Å². The average molecular weight is 361 g/mol. The Hall–Kier alpha value is -3.17. The Bertz CT molecular complexity index is 956. The summed E-state index contributed by atoms with van der Waals surface area (Å²) in [6.45, 7) is 0.668. The maximum absolute atomic E-state index is 12.7. The molecule has 26 heavy (non-hydrogen) atoms. The normalized spacial score (nSPS) is 17.3. The molecule has 1 atom stereocenters. The Morgan fingerprint density at radius 3 is 2.88 bits per heavy atom. The van der Waals surface area contributed by atoms with Crippen molar-refractivity contribution in [2.75, 3.05) is 13.1 Å². The topological polar surface area (TPSA) is 130 Å². The van der Waals surface area contributed by atoms with E-state index < -0.39 is 23.1 Å². The van der Waals surface area contributed by atoms with Crippen molar-refractivity contribution in [3.8, 4) is 0 Å². The molecule has 10 heteroatoms. The quantitative estimate of drug-likeness (QED) is 0.746. The third kappa shape index (κ3) is 3.58. The molecule has 3 heterocycles. The number of carbonyl (C=O) groups excluding carboxylic acids is 1. The molecular formula is C16H19N5O5. The van der Waals surface area contributed by atoms with Crippen molar-refractivity contribution in [3.63, 3.8) is 0 Å². The van der Waals surface area contributed by atoms with Crippen LogP contribution in [-0.4, -0.2) is 54.3 Å². The number of aromatic amines is 1. The number of nitrogens with one attached hydrogen (secondary N) is 1. The molecule has 1 aliphatic rings. The van der Waals surface area contributed by atoms with Gasteiger partial charge in [0, 0.05) is 38.4 Å². The summed E-state index contributed by atoms with van der Waals surface area (Å²) in [4.78, 5) is 50.5. The van der Waals surface area contributed by atoms with Gasteiger partial charge in [-0.15, -0.1) is 0 Å². The summed E-state index contributed by atoms with van der Waals surface area (Å²) in [5.41, 5.74) is -0.639. The summed E-state index contributed by atoms with van der Waals surface area (Å²) < 4.78 is 2.50. The number of piperidine rings is 1. The largest absolute Gasteiger partial charge is 0.480 e. The number of amides is 1. The minimum atomic E-state index is -0.978. The molecule has 2 aromatic heterocycles. The second kappa shape index (κ2) is 6.98. The zero-order valence-corrected chi connectivity index (χ0v) is 14.2. The van der Waals surface area contributed by atoms with E-state index in [0.717, 1.165) is 23.1 Å². The summed E-state index contributed by atoms with van der Waals surface area (Å²) >= 11 is 0. The van der Waals surface area contributed by atoms with Gasteiger partial charge in [0.25, 0.3) is 11.5 Å². The van der Waals surface area contributed by atoms with Gasteiger partial charge in [0.05, 0.1) is 5.69 Å². The number of likely N-dealkylation sites (tertiary alicyclic amines) is 1. The molecule has 3 rings (SSSR count). The zero-order chi connectivity index (χ0) is 18.8. The molecule has 0 aliphatic carbocycles. The van der Waals surface area contributed by atoms with Gasteiger partial charge in [0.15, 0.2) is 0 Å². The lowest BCUT2D eigenvalue weighted by Gasteiger charge is -2.31. The smallest absolute Gasteiger partial charge is 0.328 e. The Morgan fingerprint density at radius 2 is 2.15 bits per heavy atom. The van der Waals surface area contributed by atoms with Crippen molar-refractivity contribution in [1.82, 2.24) is 24.2 Å². The Morgan fingerprint density at radius 1 is 1.38 bits per heavy atom. The number of hydrogen-bond acceptors (Lipinski definition) is 5. The fraction of sp³-hybridized carbons (Fsp3) is 0.438. The van der Waals surface area contributed by atoms with Gasteiger partial charge >= 0.3 is 11.7 Å². The number of rotatable bonds is 4. The molecule has 0 radical (unpaired) electrons. The molecule has 1 saturated heterocycles. The molecular weight excluding hydrogens is 342 g/mol. The van der Waals surface area contributed by atoms with Crippen molar-refractivity contribution in [2.45, 2.75) is 25.3 Å². The van der Waals surface area contributed by atoms with Crippen molar-refractivity contribution >= 4 is 11.9 Å². The van der Waals surface area contributed by atoms with Gasteiger partial charge in [-0.25, -0.2) is 4.79 Å². The summed E-state index contributed by atoms with van der Waals surface area (Å²) in [7, 11) is 1.46. The Labute approximate surface area is 147 Å². The van der Waals surface area contributed by atoms with Gasteiger partial charge in [0.1, 0.15) is 12.1 Å². The molecule has 1 fully saturated rings. The van der Waals surface area contributed by atoms with E-state index in [9.17, 15) is 19.2 Å². The number of nitrogens with zero attached hydrogens (tertiary/aromatic N) is 4. The number of H-pyrrole nitrogens is 1. The lowest BCUT2D eigenvalue weighted by atomic mass is 9.94. The molecule has 2 N–H and O–H groups in total. The number of hydrogen-bond donors (Lipinski definition) is 2. The lowest BCUT2D eigenvalue weighted by molar-refractivity contribution is -0.137. The van der Waals surface area contributed by atoms with Crippen LogP contribution in [-0.2, 0) is 18.4 Å². The highest BCUT2D eigenvalue weighted by molar-refractivity contribution is 5.93. The van der Waals surface area contributed by atoms with Crippen LogP contribution in [0.5, 0.6) is 0 Å². The lowest BCUT2D eigenvalue weighted by Crippen LogP contribution is -2.43. The highest BCUT2D eigenvalue weighted by atomic mass is 16.4. The van der Waals surface area contributed by atoms with Crippen molar-refractivity contribution in [3.05, 3.63) is 50.6 Å². The second-order valence-electron chi connectivity index (χ2n) is 6.34.